The summed E-state index contributed by atoms with van der Waals surface area (Å²) in [6, 6.07) is 7.83. The molecule has 41 heavy (non-hydrogen) atoms. The number of nitrogens with zero attached hydrogens (tertiary/aromatic N) is 2. The van der Waals surface area contributed by atoms with E-state index >= 15 is 4.39 Å². The summed E-state index contributed by atoms with van der Waals surface area (Å²) in [6.07, 6.45) is 2.35. The molecule has 6 rings (SSSR count). The molecule has 0 amide bonds. The van der Waals surface area contributed by atoms with Gasteiger partial charge in [0, 0.05) is 5.56 Å². The van der Waals surface area contributed by atoms with Gasteiger partial charge in [-0.05, 0) is 82.1 Å². The highest BCUT2D eigenvalue weighted by molar-refractivity contribution is 7.18. The maximum absolute atomic E-state index is 15.2. The van der Waals surface area contributed by atoms with Crippen LogP contribution in [0.25, 0.3) is 21.5 Å². The summed E-state index contributed by atoms with van der Waals surface area (Å²) in [4.78, 5) is 15.8. The molecule has 4 atom stereocenters. The first-order valence-electron chi connectivity index (χ1n) is 13.5. The number of aromatic carboxylic acids is 1. The van der Waals surface area contributed by atoms with Gasteiger partial charge in [-0.3, -0.25) is 0 Å². The minimum Gasteiger partial charge on any atom is -0.478 e. The lowest BCUT2D eigenvalue weighted by atomic mass is 9.73. The summed E-state index contributed by atoms with van der Waals surface area (Å²) in [7, 11) is 0. The van der Waals surface area contributed by atoms with E-state index < -0.39 is 23.1 Å². The normalized spacial score (nSPS) is 24.3. The van der Waals surface area contributed by atoms with Crippen LogP contribution in [0, 0.1) is 24.6 Å². The van der Waals surface area contributed by atoms with E-state index in [1.807, 2.05) is 19.1 Å². The topological polar surface area (TPSA) is 106 Å². The van der Waals surface area contributed by atoms with Crippen molar-refractivity contribution in [2.75, 3.05) is 0 Å². The second-order valence-corrected chi connectivity index (χ2v) is 13.0. The third-order valence-electron chi connectivity index (χ3n) is 8.49. The number of thiazole rings is 1. The lowest BCUT2D eigenvalue weighted by Crippen LogP contribution is -2.44. The second kappa shape index (κ2) is 10.1. The summed E-state index contributed by atoms with van der Waals surface area (Å²) in [5.41, 5.74) is -0.668. The number of hydrogen-bond donors (Lipinski definition) is 2. The van der Waals surface area contributed by atoms with Crippen LogP contribution < -0.4 is 0 Å². The third-order valence-corrected chi connectivity index (χ3v) is 9.95. The largest absolute Gasteiger partial charge is 0.478 e. The van der Waals surface area contributed by atoms with Gasteiger partial charge < -0.3 is 19.5 Å². The Kier molecular flexibility index (Phi) is 6.96. The molecule has 2 bridgehead atoms. The maximum Gasteiger partial charge on any atom is 0.335 e. The van der Waals surface area contributed by atoms with Crippen LogP contribution in [0.2, 0.25) is 5.02 Å². The van der Waals surface area contributed by atoms with Crippen molar-refractivity contribution < 1.29 is 33.0 Å². The fourth-order valence-corrected chi connectivity index (χ4v) is 8.09. The zero-order chi connectivity index (χ0) is 29.3. The molecule has 0 aliphatic heterocycles. The number of ether oxygens (including phenoxy) is 1. The van der Waals surface area contributed by atoms with Gasteiger partial charge in [0.25, 0.3) is 0 Å². The molecular formula is C30H29ClF2N2O5S. The first kappa shape index (κ1) is 28.2. The Morgan fingerprint density at radius 2 is 1.98 bits per heavy atom. The Labute approximate surface area is 244 Å². The fourth-order valence-electron chi connectivity index (χ4n) is 6.51. The van der Waals surface area contributed by atoms with E-state index in [2.05, 4.69) is 10.1 Å². The molecule has 2 aliphatic carbocycles. The van der Waals surface area contributed by atoms with E-state index in [-0.39, 0.29) is 41.4 Å². The molecule has 7 nitrogen and oxygen atoms in total. The number of aromatic nitrogens is 2. The number of alkyl halides is 1. The van der Waals surface area contributed by atoms with Crippen molar-refractivity contribution in [3.63, 3.8) is 0 Å². The number of carboxylic acids is 1. The van der Waals surface area contributed by atoms with Gasteiger partial charge in [0.2, 0.25) is 0 Å². The Hall–Kier alpha value is -2.92. The number of halogens is 3. The zero-order valence-electron chi connectivity index (χ0n) is 22.7. The third kappa shape index (κ3) is 4.74. The molecule has 0 spiro atoms. The lowest BCUT2D eigenvalue weighted by molar-refractivity contribution is -0.116. The molecule has 0 radical (unpaired) electrons. The average Bonchev–Trinajstić information content (AvgIpc) is 3.55. The molecule has 2 heterocycles. The minimum atomic E-state index is -1.80. The van der Waals surface area contributed by atoms with Crippen LogP contribution in [0.4, 0.5) is 8.78 Å². The number of aryl methyl sites for hydroxylation is 1. The predicted molar refractivity (Wildman–Crippen MR) is 150 cm³/mol. The van der Waals surface area contributed by atoms with Gasteiger partial charge in [0.1, 0.15) is 21.8 Å². The molecule has 4 aromatic rings. The SMILES string of the molecule is Cc1cccc(Cl)c1-c1noc(C(C)(C)F)c1CO[C@@H]1C[C@H]2CC[C@@H](C1)[C@]2(O)c1nc2c(F)cc(C(=O)O)cc2s1. The van der Waals surface area contributed by atoms with E-state index in [4.69, 9.17) is 20.9 Å². The van der Waals surface area contributed by atoms with Crippen molar-refractivity contribution in [2.45, 2.75) is 70.4 Å². The van der Waals surface area contributed by atoms with Crippen LogP contribution >= 0.6 is 22.9 Å². The van der Waals surface area contributed by atoms with E-state index in [0.29, 0.717) is 44.4 Å². The van der Waals surface area contributed by atoms with Gasteiger partial charge >= 0.3 is 5.97 Å². The lowest BCUT2D eigenvalue weighted by Gasteiger charge is -2.41. The number of rotatable bonds is 7. The number of fused-ring (bicyclic) bond motifs is 3. The van der Waals surface area contributed by atoms with Crippen LogP contribution in [-0.4, -0.2) is 32.4 Å². The van der Waals surface area contributed by atoms with E-state index in [1.165, 1.54) is 19.9 Å². The Balaban J connectivity index is 1.26. The van der Waals surface area contributed by atoms with Gasteiger partial charge in [-0.2, -0.15) is 0 Å². The number of carboxylic acid groups (broad SMARTS) is 1. The highest BCUT2D eigenvalue weighted by Gasteiger charge is 2.56. The van der Waals surface area contributed by atoms with E-state index in [1.54, 1.807) is 6.07 Å². The second-order valence-electron chi connectivity index (χ2n) is 11.6. The zero-order valence-corrected chi connectivity index (χ0v) is 24.3. The van der Waals surface area contributed by atoms with Gasteiger partial charge in [0.15, 0.2) is 17.2 Å². The van der Waals surface area contributed by atoms with Crippen LogP contribution in [0.15, 0.2) is 34.9 Å². The first-order valence-corrected chi connectivity index (χ1v) is 14.7. The highest BCUT2D eigenvalue weighted by atomic mass is 35.5. The Bertz CT molecular complexity index is 1630. The Morgan fingerprint density at radius 1 is 1.27 bits per heavy atom. The summed E-state index contributed by atoms with van der Waals surface area (Å²) in [5, 5.41) is 26.3. The van der Waals surface area contributed by atoms with Gasteiger partial charge in [-0.25, -0.2) is 18.6 Å². The van der Waals surface area contributed by atoms with Gasteiger partial charge in [-0.1, -0.05) is 28.9 Å². The quantitative estimate of drug-likeness (QED) is 0.225. The molecule has 2 N–H and O–H groups in total. The van der Waals surface area contributed by atoms with Crippen LogP contribution in [0.5, 0.6) is 0 Å². The molecule has 216 valence electrons. The number of carbonyl (C=O) groups is 1. The number of benzene rings is 2. The van der Waals surface area contributed by atoms with Gasteiger partial charge in [-0.15, -0.1) is 11.3 Å². The first-order chi connectivity index (χ1) is 19.4. The average molecular weight is 603 g/mol. The standard InChI is InChI=1S/C30H29ClF2N2O5S/c1-14-5-4-6-20(31)23(14)24-19(26(40-35-24)29(2,3)33)13-39-18-11-16-7-8-17(12-18)30(16,38)28-34-25-21(32)9-15(27(36)37)10-22(25)41-28/h4-6,9-10,16-18,38H,7-8,11-13H2,1-3H3,(H,36,37)/t16-,17+,18-,30+. The van der Waals surface area contributed by atoms with Crippen LogP contribution in [0.3, 0.4) is 0 Å². The van der Waals surface area contributed by atoms with Crippen molar-refractivity contribution in [3.05, 3.63) is 68.6 Å². The predicted octanol–water partition coefficient (Wildman–Crippen LogP) is 7.55. The minimum absolute atomic E-state index is 0.0546. The van der Waals surface area contributed by atoms with Crippen molar-refractivity contribution >= 4 is 39.1 Å². The Morgan fingerprint density at radius 3 is 2.61 bits per heavy atom. The molecule has 2 aromatic carbocycles. The van der Waals surface area contributed by atoms with Crippen LogP contribution in [0.1, 0.15) is 71.8 Å². The molecule has 11 heteroatoms. The van der Waals surface area contributed by atoms with Gasteiger partial charge in [0.05, 0.1) is 33.6 Å². The molecule has 0 unspecified atom stereocenters. The molecule has 2 aromatic heterocycles. The fraction of sp³-hybridized carbons (Fsp3) is 0.433. The monoisotopic (exact) mass is 602 g/mol. The summed E-state index contributed by atoms with van der Waals surface area (Å²) in [6.45, 7) is 4.76. The highest BCUT2D eigenvalue weighted by Crippen LogP contribution is 2.57. The summed E-state index contributed by atoms with van der Waals surface area (Å²) in [5.74, 6) is -2.23. The molecule has 0 saturated heterocycles. The molecule has 2 aliphatic rings. The van der Waals surface area contributed by atoms with Crippen molar-refractivity contribution in [1.82, 2.24) is 10.1 Å². The molecule has 2 saturated carbocycles. The van der Waals surface area contributed by atoms with Crippen molar-refractivity contribution in [1.29, 1.82) is 0 Å². The summed E-state index contributed by atoms with van der Waals surface area (Å²) >= 11 is 7.64. The smallest absolute Gasteiger partial charge is 0.335 e. The van der Waals surface area contributed by atoms with E-state index in [0.717, 1.165) is 35.8 Å². The number of hydrogen-bond acceptors (Lipinski definition) is 7. The maximum atomic E-state index is 15.2. The van der Waals surface area contributed by atoms with Crippen molar-refractivity contribution in [3.8, 4) is 11.3 Å². The van der Waals surface area contributed by atoms with Crippen LogP contribution in [-0.2, 0) is 22.6 Å². The molecular weight excluding hydrogens is 574 g/mol. The van der Waals surface area contributed by atoms with E-state index in [9.17, 15) is 19.4 Å². The molecule has 2 fully saturated rings. The number of aliphatic hydroxyl groups is 1. The van der Waals surface area contributed by atoms with Crippen molar-refractivity contribution in [2.24, 2.45) is 11.8 Å². The summed E-state index contributed by atoms with van der Waals surface area (Å²) < 4.78 is 42.1.